The summed E-state index contributed by atoms with van der Waals surface area (Å²) in [5, 5.41) is 14.1. The number of carbonyl (C=O) groups excluding carboxylic acids is 1. The molecule has 2 aromatic heterocycles. The van der Waals surface area contributed by atoms with Crippen LogP contribution in [-0.2, 0) is 9.53 Å². The molecule has 0 atom stereocenters. The molecule has 1 aromatic carbocycles. The molecule has 1 aliphatic rings. The van der Waals surface area contributed by atoms with Crippen LogP contribution in [0.15, 0.2) is 36.4 Å². The van der Waals surface area contributed by atoms with Crippen molar-refractivity contribution in [3.05, 3.63) is 42.2 Å². The van der Waals surface area contributed by atoms with E-state index in [0.29, 0.717) is 24.7 Å². The highest BCUT2D eigenvalue weighted by molar-refractivity contribution is 5.94. The number of alkyl halides is 2. The van der Waals surface area contributed by atoms with E-state index in [1.54, 1.807) is 18.0 Å². The van der Waals surface area contributed by atoms with Crippen molar-refractivity contribution in [2.75, 3.05) is 55.0 Å². The zero-order valence-corrected chi connectivity index (χ0v) is 16.3. The first-order chi connectivity index (χ1) is 14.5. The Morgan fingerprint density at radius 1 is 1.17 bits per heavy atom. The molecule has 30 heavy (non-hydrogen) atoms. The number of fused-ring (bicyclic) bond motifs is 1. The molecule has 0 unspecified atom stereocenters. The van der Waals surface area contributed by atoms with Gasteiger partial charge in [-0.3, -0.25) is 4.79 Å². The molecule has 0 radical (unpaired) electrons. The van der Waals surface area contributed by atoms with E-state index in [2.05, 4.69) is 25.5 Å². The van der Waals surface area contributed by atoms with E-state index < -0.39 is 12.2 Å². The fourth-order valence-electron chi connectivity index (χ4n) is 3.21. The SMILES string of the molecule is CN(CC(=O)Nc1ccc(N2CCOCC2)cc1)c1ccc2nnc(C(F)F)n2n1. The van der Waals surface area contributed by atoms with Crippen LogP contribution in [0.3, 0.4) is 0 Å². The number of halogens is 2. The number of hydrogen-bond acceptors (Lipinski definition) is 7. The summed E-state index contributed by atoms with van der Waals surface area (Å²) < 4.78 is 32.4. The first-order valence-electron chi connectivity index (χ1n) is 9.45. The molecule has 1 aliphatic heterocycles. The first-order valence-corrected chi connectivity index (χ1v) is 9.45. The Morgan fingerprint density at radius 2 is 1.90 bits per heavy atom. The lowest BCUT2D eigenvalue weighted by Gasteiger charge is -2.28. The van der Waals surface area contributed by atoms with Crippen LogP contribution in [0, 0.1) is 0 Å². The number of ether oxygens (including phenoxy) is 1. The van der Waals surface area contributed by atoms with E-state index in [-0.39, 0.29) is 18.1 Å². The fourth-order valence-corrected chi connectivity index (χ4v) is 3.21. The van der Waals surface area contributed by atoms with Gasteiger partial charge in [0.2, 0.25) is 11.7 Å². The highest BCUT2D eigenvalue weighted by Crippen LogP contribution is 2.20. The Hall–Kier alpha value is -3.34. The third-order valence-corrected chi connectivity index (χ3v) is 4.77. The van der Waals surface area contributed by atoms with Crippen LogP contribution >= 0.6 is 0 Å². The lowest BCUT2D eigenvalue weighted by molar-refractivity contribution is -0.114. The van der Waals surface area contributed by atoms with Crippen molar-refractivity contribution in [2.24, 2.45) is 0 Å². The van der Waals surface area contributed by atoms with Crippen molar-refractivity contribution < 1.29 is 18.3 Å². The van der Waals surface area contributed by atoms with Crippen LogP contribution in [-0.4, -0.2) is 65.6 Å². The number of carbonyl (C=O) groups is 1. The molecular weight excluding hydrogens is 396 g/mol. The van der Waals surface area contributed by atoms with E-state index in [4.69, 9.17) is 4.74 Å². The largest absolute Gasteiger partial charge is 0.378 e. The minimum atomic E-state index is -2.79. The quantitative estimate of drug-likeness (QED) is 0.656. The first kappa shape index (κ1) is 20.0. The lowest BCUT2D eigenvalue weighted by atomic mass is 10.2. The number of anilines is 3. The van der Waals surface area contributed by atoms with Crippen LogP contribution < -0.4 is 15.1 Å². The molecule has 1 fully saturated rings. The molecule has 0 saturated carbocycles. The molecule has 11 heteroatoms. The molecule has 1 saturated heterocycles. The van der Waals surface area contributed by atoms with Gasteiger partial charge in [-0.05, 0) is 36.4 Å². The van der Waals surface area contributed by atoms with Gasteiger partial charge in [0.1, 0.15) is 5.82 Å². The number of nitrogens with zero attached hydrogens (tertiary/aromatic N) is 6. The summed E-state index contributed by atoms with van der Waals surface area (Å²) in [6.07, 6.45) is -2.79. The number of likely N-dealkylation sites (N-methyl/N-ethyl adjacent to an activating group) is 1. The van der Waals surface area contributed by atoms with E-state index in [9.17, 15) is 13.6 Å². The predicted molar refractivity (Wildman–Crippen MR) is 107 cm³/mol. The minimum absolute atomic E-state index is 0.00411. The number of aromatic nitrogens is 4. The van der Waals surface area contributed by atoms with Gasteiger partial charge in [0, 0.05) is 31.5 Å². The fraction of sp³-hybridized carbons (Fsp3) is 0.368. The van der Waals surface area contributed by atoms with Crippen LogP contribution in [0.5, 0.6) is 0 Å². The van der Waals surface area contributed by atoms with Gasteiger partial charge < -0.3 is 19.9 Å². The average Bonchev–Trinajstić information content (AvgIpc) is 3.18. The maximum atomic E-state index is 13.0. The number of morpholine rings is 1. The maximum absolute atomic E-state index is 13.0. The van der Waals surface area contributed by atoms with E-state index in [1.807, 2.05) is 24.3 Å². The summed E-state index contributed by atoms with van der Waals surface area (Å²) in [6.45, 7) is 3.09. The third kappa shape index (κ3) is 4.30. The summed E-state index contributed by atoms with van der Waals surface area (Å²) in [5.41, 5.74) is 1.97. The van der Waals surface area contributed by atoms with Gasteiger partial charge in [-0.1, -0.05) is 0 Å². The van der Waals surface area contributed by atoms with Crippen LogP contribution in [0.2, 0.25) is 0 Å². The molecular formula is C19H21F2N7O2. The van der Waals surface area contributed by atoms with Crippen LogP contribution in [0.1, 0.15) is 12.2 Å². The summed E-state index contributed by atoms with van der Waals surface area (Å²) >= 11 is 0. The monoisotopic (exact) mass is 417 g/mol. The zero-order valence-electron chi connectivity index (χ0n) is 16.3. The zero-order chi connectivity index (χ0) is 21.1. The Kier molecular flexibility index (Phi) is 5.70. The van der Waals surface area contributed by atoms with Crippen molar-refractivity contribution >= 4 is 28.7 Å². The molecule has 3 heterocycles. The minimum Gasteiger partial charge on any atom is -0.378 e. The van der Waals surface area contributed by atoms with Crippen LogP contribution in [0.4, 0.5) is 26.0 Å². The van der Waals surface area contributed by atoms with Gasteiger partial charge >= 0.3 is 0 Å². The summed E-state index contributed by atoms with van der Waals surface area (Å²) in [4.78, 5) is 16.2. The highest BCUT2D eigenvalue weighted by Gasteiger charge is 2.18. The summed E-state index contributed by atoms with van der Waals surface area (Å²) in [7, 11) is 1.65. The number of amides is 1. The molecule has 0 spiro atoms. The average molecular weight is 417 g/mol. The van der Waals surface area contributed by atoms with E-state index in [0.717, 1.165) is 23.3 Å². The Bertz CT molecular complexity index is 1020. The molecule has 0 bridgehead atoms. The second-order valence-electron chi connectivity index (χ2n) is 6.87. The van der Waals surface area contributed by atoms with Gasteiger partial charge in [0.05, 0.1) is 19.8 Å². The molecule has 9 nitrogen and oxygen atoms in total. The van der Waals surface area contributed by atoms with Crippen molar-refractivity contribution in [2.45, 2.75) is 6.43 Å². The normalized spacial score (nSPS) is 14.3. The second kappa shape index (κ2) is 8.57. The van der Waals surface area contributed by atoms with E-state index >= 15 is 0 Å². The summed E-state index contributed by atoms with van der Waals surface area (Å²) in [5.74, 6) is -0.441. The van der Waals surface area contributed by atoms with Gasteiger partial charge in [-0.25, -0.2) is 8.78 Å². The van der Waals surface area contributed by atoms with Gasteiger partial charge in [-0.15, -0.1) is 15.3 Å². The molecule has 3 aromatic rings. The number of rotatable bonds is 6. The van der Waals surface area contributed by atoms with Crippen molar-refractivity contribution in [3.8, 4) is 0 Å². The van der Waals surface area contributed by atoms with Gasteiger partial charge in [-0.2, -0.15) is 4.52 Å². The highest BCUT2D eigenvalue weighted by atomic mass is 19.3. The van der Waals surface area contributed by atoms with Crippen LogP contribution in [0.25, 0.3) is 5.65 Å². The lowest BCUT2D eigenvalue weighted by Crippen LogP contribution is -2.36. The van der Waals surface area contributed by atoms with E-state index in [1.165, 1.54) is 6.07 Å². The Balaban J connectivity index is 1.38. The maximum Gasteiger partial charge on any atom is 0.299 e. The van der Waals surface area contributed by atoms with Crippen molar-refractivity contribution in [3.63, 3.8) is 0 Å². The topological polar surface area (TPSA) is 87.9 Å². The Labute approximate surface area is 171 Å². The standard InChI is InChI=1S/C19H21F2N7O2/c1-26(16-7-6-15-23-24-19(18(20)21)28(15)25-16)12-17(29)22-13-2-4-14(5-3-13)27-8-10-30-11-9-27/h2-7,18H,8-12H2,1H3,(H,22,29). The van der Waals surface area contributed by atoms with Gasteiger partial charge in [0.15, 0.2) is 5.65 Å². The molecule has 4 rings (SSSR count). The molecule has 0 aliphatic carbocycles. The summed E-state index contributed by atoms with van der Waals surface area (Å²) in [6, 6.07) is 10.7. The number of nitrogens with one attached hydrogen (secondary N) is 1. The second-order valence-corrected chi connectivity index (χ2v) is 6.87. The molecule has 158 valence electrons. The predicted octanol–water partition coefficient (Wildman–Crippen LogP) is 1.97. The third-order valence-electron chi connectivity index (χ3n) is 4.77. The van der Waals surface area contributed by atoms with Crippen molar-refractivity contribution in [1.29, 1.82) is 0 Å². The number of benzene rings is 1. The Morgan fingerprint density at radius 3 is 2.60 bits per heavy atom. The van der Waals surface area contributed by atoms with Crippen molar-refractivity contribution in [1.82, 2.24) is 19.8 Å². The smallest absolute Gasteiger partial charge is 0.299 e. The molecule has 1 N–H and O–H groups in total. The van der Waals surface area contributed by atoms with Gasteiger partial charge in [0.25, 0.3) is 6.43 Å². The molecule has 1 amide bonds. The number of hydrogen-bond donors (Lipinski definition) is 1.